The fourth-order valence-corrected chi connectivity index (χ4v) is 3.28. The average molecular weight is 304 g/mol. The molecule has 0 aliphatic carbocycles. The molecule has 6 heteroatoms. The largest absolute Gasteiger partial charge is 0.477 e. The van der Waals surface area contributed by atoms with E-state index in [9.17, 15) is 9.59 Å². The number of carbonyl (C=O) groups is 2. The third-order valence-corrected chi connectivity index (χ3v) is 4.50. The lowest BCUT2D eigenvalue weighted by atomic mass is 9.89. The number of nitrogens with zero attached hydrogens (tertiary/aromatic N) is 2. The summed E-state index contributed by atoms with van der Waals surface area (Å²) in [6.45, 7) is 2.22. The molecule has 0 radical (unpaired) electrons. The van der Waals surface area contributed by atoms with E-state index in [4.69, 9.17) is 9.84 Å². The molecule has 0 saturated carbocycles. The van der Waals surface area contributed by atoms with Gasteiger partial charge >= 0.3 is 5.97 Å². The minimum absolute atomic E-state index is 0.0971. The molecule has 2 saturated heterocycles. The van der Waals surface area contributed by atoms with Crippen molar-refractivity contribution in [3.8, 4) is 0 Å². The predicted molar refractivity (Wildman–Crippen MR) is 78.8 cm³/mol. The number of aromatic carboxylic acids is 1. The van der Waals surface area contributed by atoms with Crippen LogP contribution in [-0.2, 0) is 4.74 Å². The number of pyridine rings is 1. The molecular formula is C16H20N2O4. The van der Waals surface area contributed by atoms with Crippen LogP contribution in [0.3, 0.4) is 0 Å². The van der Waals surface area contributed by atoms with Gasteiger partial charge in [-0.1, -0.05) is 6.07 Å². The number of ether oxygens (including phenoxy) is 1. The van der Waals surface area contributed by atoms with Crippen LogP contribution < -0.4 is 0 Å². The molecule has 1 atom stereocenters. The summed E-state index contributed by atoms with van der Waals surface area (Å²) < 4.78 is 5.73. The fourth-order valence-electron chi connectivity index (χ4n) is 3.28. The smallest absolute Gasteiger partial charge is 0.354 e. The topological polar surface area (TPSA) is 79.7 Å². The first-order valence-electron chi connectivity index (χ1n) is 7.76. The average Bonchev–Trinajstić information content (AvgIpc) is 3.09. The zero-order chi connectivity index (χ0) is 15.5. The molecule has 2 aliphatic heterocycles. The summed E-state index contributed by atoms with van der Waals surface area (Å²) in [5.74, 6) is -0.773. The Labute approximate surface area is 129 Å². The van der Waals surface area contributed by atoms with E-state index in [0.29, 0.717) is 25.1 Å². The second-order valence-electron chi connectivity index (χ2n) is 5.89. The molecule has 1 unspecified atom stereocenters. The third-order valence-electron chi connectivity index (χ3n) is 4.50. The van der Waals surface area contributed by atoms with Gasteiger partial charge in [-0.2, -0.15) is 0 Å². The van der Waals surface area contributed by atoms with Gasteiger partial charge in [0.1, 0.15) is 11.4 Å². The number of rotatable bonds is 3. The Morgan fingerprint density at radius 1 is 1.18 bits per heavy atom. The van der Waals surface area contributed by atoms with Gasteiger partial charge in [0.2, 0.25) is 0 Å². The van der Waals surface area contributed by atoms with Crippen molar-refractivity contribution in [2.75, 3.05) is 19.7 Å². The highest BCUT2D eigenvalue weighted by atomic mass is 16.5. The van der Waals surface area contributed by atoms with Crippen molar-refractivity contribution in [1.29, 1.82) is 0 Å². The van der Waals surface area contributed by atoms with Crippen molar-refractivity contribution < 1.29 is 19.4 Å². The van der Waals surface area contributed by atoms with E-state index in [0.717, 1.165) is 32.3 Å². The molecule has 1 amide bonds. The van der Waals surface area contributed by atoms with Gasteiger partial charge in [0.05, 0.1) is 6.10 Å². The Balaban J connectivity index is 1.62. The molecule has 118 valence electrons. The Hall–Kier alpha value is -1.95. The number of hydrogen-bond acceptors (Lipinski definition) is 4. The normalized spacial score (nSPS) is 22.7. The first-order chi connectivity index (χ1) is 10.6. The van der Waals surface area contributed by atoms with E-state index >= 15 is 0 Å². The summed E-state index contributed by atoms with van der Waals surface area (Å²) in [6, 6.07) is 4.52. The monoisotopic (exact) mass is 304 g/mol. The maximum absolute atomic E-state index is 12.4. The number of aromatic nitrogens is 1. The molecule has 3 heterocycles. The van der Waals surface area contributed by atoms with Gasteiger partial charge in [0.25, 0.3) is 5.91 Å². The van der Waals surface area contributed by atoms with Crippen LogP contribution in [0.2, 0.25) is 0 Å². The molecule has 0 spiro atoms. The van der Waals surface area contributed by atoms with Crippen molar-refractivity contribution in [2.24, 2.45) is 5.92 Å². The van der Waals surface area contributed by atoms with E-state index in [1.165, 1.54) is 6.07 Å². The molecule has 3 rings (SSSR count). The first kappa shape index (κ1) is 15.0. The second-order valence-corrected chi connectivity index (χ2v) is 5.89. The number of piperidine rings is 1. The maximum atomic E-state index is 12.4. The first-order valence-corrected chi connectivity index (χ1v) is 7.76. The number of likely N-dealkylation sites (tertiary alicyclic amines) is 1. The van der Waals surface area contributed by atoms with Crippen molar-refractivity contribution in [3.63, 3.8) is 0 Å². The molecule has 2 fully saturated rings. The van der Waals surface area contributed by atoms with Crippen molar-refractivity contribution in [1.82, 2.24) is 9.88 Å². The Morgan fingerprint density at radius 2 is 1.91 bits per heavy atom. The summed E-state index contributed by atoms with van der Waals surface area (Å²) >= 11 is 0. The number of hydrogen-bond donors (Lipinski definition) is 1. The summed E-state index contributed by atoms with van der Waals surface area (Å²) in [5, 5.41) is 8.96. The van der Waals surface area contributed by atoms with Gasteiger partial charge in [0, 0.05) is 19.7 Å². The minimum atomic E-state index is -1.12. The van der Waals surface area contributed by atoms with Crippen LogP contribution in [-0.4, -0.2) is 52.7 Å². The van der Waals surface area contributed by atoms with Crippen LogP contribution in [0, 0.1) is 5.92 Å². The SMILES string of the molecule is O=C(O)c1cccc(C(=O)N2CCC(C3CCCO3)CC2)n1. The molecule has 2 aliphatic rings. The zero-order valence-corrected chi connectivity index (χ0v) is 12.4. The summed E-state index contributed by atoms with van der Waals surface area (Å²) in [4.78, 5) is 29.1. The lowest BCUT2D eigenvalue weighted by Crippen LogP contribution is -2.41. The summed E-state index contributed by atoms with van der Waals surface area (Å²) in [5.41, 5.74) is 0.107. The second kappa shape index (κ2) is 6.44. The van der Waals surface area contributed by atoms with Crippen LogP contribution in [0.25, 0.3) is 0 Å². The quantitative estimate of drug-likeness (QED) is 0.921. The van der Waals surface area contributed by atoms with Gasteiger partial charge in [-0.3, -0.25) is 4.79 Å². The van der Waals surface area contributed by atoms with E-state index in [-0.39, 0.29) is 17.3 Å². The maximum Gasteiger partial charge on any atom is 0.354 e. The standard InChI is InChI=1S/C16H20N2O4/c19-15(12-3-1-4-13(17-12)16(20)21)18-8-6-11(7-9-18)14-5-2-10-22-14/h1,3-4,11,14H,2,5-10H2,(H,20,21). The third kappa shape index (κ3) is 3.11. The van der Waals surface area contributed by atoms with E-state index in [2.05, 4.69) is 4.98 Å². The molecular weight excluding hydrogens is 284 g/mol. The van der Waals surface area contributed by atoms with Gasteiger partial charge in [0.15, 0.2) is 0 Å². The number of carboxylic acid groups (broad SMARTS) is 1. The molecule has 0 aromatic carbocycles. The number of carboxylic acids is 1. The van der Waals surface area contributed by atoms with E-state index < -0.39 is 5.97 Å². The van der Waals surface area contributed by atoms with Crippen molar-refractivity contribution in [2.45, 2.75) is 31.8 Å². The van der Waals surface area contributed by atoms with Crippen molar-refractivity contribution >= 4 is 11.9 Å². The van der Waals surface area contributed by atoms with Crippen LogP contribution in [0.5, 0.6) is 0 Å². The highest BCUT2D eigenvalue weighted by Crippen LogP contribution is 2.29. The summed E-state index contributed by atoms with van der Waals surface area (Å²) in [7, 11) is 0. The Kier molecular flexibility index (Phi) is 4.38. The number of carbonyl (C=O) groups excluding carboxylic acids is 1. The van der Waals surface area contributed by atoms with Gasteiger partial charge in [-0.05, 0) is 43.7 Å². The van der Waals surface area contributed by atoms with Crippen molar-refractivity contribution in [3.05, 3.63) is 29.6 Å². The van der Waals surface area contributed by atoms with Gasteiger partial charge < -0.3 is 14.7 Å². The highest BCUT2D eigenvalue weighted by Gasteiger charge is 2.31. The molecule has 6 nitrogen and oxygen atoms in total. The highest BCUT2D eigenvalue weighted by molar-refractivity contribution is 5.94. The zero-order valence-electron chi connectivity index (χ0n) is 12.4. The van der Waals surface area contributed by atoms with Crippen LogP contribution in [0.1, 0.15) is 46.7 Å². The lowest BCUT2D eigenvalue weighted by Gasteiger charge is -2.34. The van der Waals surface area contributed by atoms with E-state index in [1.54, 1.807) is 17.0 Å². The van der Waals surface area contributed by atoms with Gasteiger partial charge in [-0.25, -0.2) is 9.78 Å². The molecule has 1 N–H and O–H groups in total. The van der Waals surface area contributed by atoms with Crippen LogP contribution in [0.15, 0.2) is 18.2 Å². The van der Waals surface area contributed by atoms with Gasteiger partial charge in [-0.15, -0.1) is 0 Å². The molecule has 1 aromatic heterocycles. The summed E-state index contributed by atoms with van der Waals surface area (Å²) in [6.07, 6.45) is 4.49. The predicted octanol–water partition coefficient (Wildman–Crippen LogP) is 1.81. The fraction of sp³-hybridized carbons (Fsp3) is 0.562. The minimum Gasteiger partial charge on any atom is -0.477 e. The van der Waals surface area contributed by atoms with Crippen LogP contribution >= 0.6 is 0 Å². The molecule has 0 bridgehead atoms. The molecule has 22 heavy (non-hydrogen) atoms. The van der Waals surface area contributed by atoms with E-state index in [1.807, 2.05) is 0 Å². The Bertz CT molecular complexity index is 561. The lowest BCUT2D eigenvalue weighted by molar-refractivity contribution is 0.0289. The number of amides is 1. The molecule has 1 aromatic rings. The Morgan fingerprint density at radius 3 is 2.55 bits per heavy atom. The van der Waals surface area contributed by atoms with Crippen LogP contribution in [0.4, 0.5) is 0 Å².